The van der Waals surface area contributed by atoms with Crippen molar-refractivity contribution in [3.05, 3.63) is 35.9 Å². The maximum absolute atomic E-state index is 4.30. The van der Waals surface area contributed by atoms with Crippen LogP contribution >= 0.6 is 11.8 Å². The minimum atomic E-state index is 1.03. The zero-order valence-electron chi connectivity index (χ0n) is 8.03. The van der Waals surface area contributed by atoms with Crippen LogP contribution in [0.25, 0.3) is 6.08 Å². The number of thioether (sulfide) groups is 1. The largest absolute Gasteiger partial charge is 0.277 e. The second kappa shape index (κ2) is 4.33. The van der Waals surface area contributed by atoms with Gasteiger partial charge >= 0.3 is 0 Å². The van der Waals surface area contributed by atoms with E-state index in [2.05, 4.69) is 29.6 Å². The molecule has 1 N–H and O–H groups in total. The molecule has 1 heterocycles. The third kappa shape index (κ3) is 1.99. The van der Waals surface area contributed by atoms with Crippen molar-refractivity contribution < 1.29 is 0 Å². The Balaban J connectivity index is 2.27. The van der Waals surface area contributed by atoms with Crippen LogP contribution in [0.5, 0.6) is 0 Å². The number of para-hydroxylation sites is 1. The van der Waals surface area contributed by atoms with Crippen LogP contribution in [0.1, 0.15) is 12.5 Å². The Morgan fingerprint density at radius 1 is 1.29 bits per heavy atom. The van der Waals surface area contributed by atoms with Gasteiger partial charge in [-0.05, 0) is 23.5 Å². The lowest BCUT2D eigenvalue weighted by Gasteiger charge is -2.01. The number of nitrogens with zero attached hydrogens (tertiary/aromatic N) is 1. The van der Waals surface area contributed by atoms with Gasteiger partial charge in [-0.2, -0.15) is 5.10 Å². The smallest absolute Gasteiger partial charge is 0.116 e. The van der Waals surface area contributed by atoms with Crippen molar-refractivity contribution in [1.29, 1.82) is 0 Å². The van der Waals surface area contributed by atoms with Crippen molar-refractivity contribution in [2.75, 3.05) is 11.2 Å². The Kier molecular flexibility index (Phi) is 2.89. The molecule has 1 aliphatic heterocycles. The van der Waals surface area contributed by atoms with Crippen LogP contribution < -0.4 is 5.43 Å². The van der Waals surface area contributed by atoms with E-state index in [1.54, 1.807) is 11.8 Å². The van der Waals surface area contributed by atoms with E-state index in [-0.39, 0.29) is 0 Å². The van der Waals surface area contributed by atoms with E-state index in [4.69, 9.17) is 0 Å². The van der Waals surface area contributed by atoms with Crippen LogP contribution in [0.3, 0.4) is 0 Å². The minimum absolute atomic E-state index is 1.03. The molecule has 72 valence electrons. The minimum Gasteiger partial charge on any atom is -0.277 e. The number of rotatable bonds is 1. The van der Waals surface area contributed by atoms with Crippen LogP contribution in [0.4, 0.5) is 5.69 Å². The highest BCUT2D eigenvalue weighted by Gasteiger charge is 2.02. The lowest BCUT2D eigenvalue weighted by molar-refractivity contribution is 1.35. The molecule has 0 aromatic heterocycles. The second-order valence-corrected chi connectivity index (χ2v) is 4.20. The van der Waals surface area contributed by atoms with Gasteiger partial charge in [0.2, 0.25) is 0 Å². The summed E-state index contributed by atoms with van der Waals surface area (Å²) >= 11 is 1.74. The standard InChI is InChI=1S/C11H12N2S/c1-2-14-11-8-7-9-5-3-4-6-10(9)12-13-11/h3-8,12H,2H2,1H3. The molecule has 1 aliphatic rings. The number of anilines is 1. The first kappa shape index (κ1) is 9.34. The molecule has 0 spiro atoms. The van der Waals surface area contributed by atoms with Gasteiger partial charge in [0.15, 0.2) is 0 Å². The maximum Gasteiger partial charge on any atom is 0.116 e. The van der Waals surface area contributed by atoms with Crippen molar-refractivity contribution in [2.45, 2.75) is 6.92 Å². The summed E-state index contributed by atoms with van der Waals surface area (Å²) < 4.78 is 0. The first-order valence-electron chi connectivity index (χ1n) is 4.64. The molecule has 2 nitrogen and oxygen atoms in total. The summed E-state index contributed by atoms with van der Waals surface area (Å²) in [6, 6.07) is 8.15. The van der Waals surface area contributed by atoms with Crippen LogP contribution in [0.2, 0.25) is 0 Å². The maximum atomic E-state index is 4.30. The molecule has 0 bridgehead atoms. The van der Waals surface area contributed by atoms with Gasteiger partial charge in [0.25, 0.3) is 0 Å². The average molecular weight is 204 g/mol. The molecule has 3 heteroatoms. The zero-order valence-corrected chi connectivity index (χ0v) is 8.84. The highest BCUT2D eigenvalue weighted by molar-refractivity contribution is 8.14. The third-order valence-corrected chi connectivity index (χ3v) is 2.76. The number of hydrazone groups is 1. The second-order valence-electron chi connectivity index (χ2n) is 2.92. The summed E-state index contributed by atoms with van der Waals surface area (Å²) in [5, 5.41) is 5.33. The molecule has 0 atom stereocenters. The lowest BCUT2D eigenvalue weighted by Crippen LogP contribution is -1.93. The Morgan fingerprint density at radius 3 is 3.00 bits per heavy atom. The number of benzene rings is 1. The van der Waals surface area contributed by atoms with Crippen LogP contribution in [0.15, 0.2) is 35.4 Å². The summed E-state index contributed by atoms with van der Waals surface area (Å²) in [6.45, 7) is 2.12. The molecule has 2 rings (SSSR count). The van der Waals surface area contributed by atoms with E-state index in [0.29, 0.717) is 0 Å². The van der Waals surface area contributed by atoms with E-state index in [0.717, 1.165) is 16.5 Å². The van der Waals surface area contributed by atoms with Gasteiger partial charge < -0.3 is 0 Å². The van der Waals surface area contributed by atoms with Gasteiger partial charge in [-0.3, -0.25) is 5.43 Å². The van der Waals surface area contributed by atoms with Crippen molar-refractivity contribution in [1.82, 2.24) is 0 Å². The van der Waals surface area contributed by atoms with Gasteiger partial charge in [0.1, 0.15) is 5.04 Å². The molecule has 0 fully saturated rings. The quantitative estimate of drug-likeness (QED) is 0.759. The van der Waals surface area contributed by atoms with Gasteiger partial charge in [-0.15, -0.1) is 11.8 Å². The summed E-state index contributed by atoms with van der Waals surface area (Å²) in [6.07, 6.45) is 4.14. The monoisotopic (exact) mass is 204 g/mol. The Labute approximate surface area is 88.1 Å². The highest BCUT2D eigenvalue weighted by Crippen LogP contribution is 2.20. The van der Waals surface area contributed by atoms with E-state index >= 15 is 0 Å². The van der Waals surface area contributed by atoms with E-state index in [1.165, 1.54) is 5.56 Å². The first-order chi connectivity index (χ1) is 6.90. The molecule has 0 unspecified atom stereocenters. The van der Waals surface area contributed by atoms with Crippen molar-refractivity contribution in [3.8, 4) is 0 Å². The molecular weight excluding hydrogens is 192 g/mol. The van der Waals surface area contributed by atoms with Crippen LogP contribution in [-0.4, -0.2) is 10.8 Å². The van der Waals surface area contributed by atoms with Crippen LogP contribution in [-0.2, 0) is 0 Å². The normalized spacial score (nSPS) is 13.9. The molecular formula is C11H12N2S. The number of hydrogen-bond donors (Lipinski definition) is 1. The Morgan fingerprint density at radius 2 is 2.14 bits per heavy atom. The van der Waals surface area contributed by atoms with Gasteiger partial charge in [-0.25, -0.2) is 0 Å². The van der Waals surface area contributed by atoms with Crippen molar-refractivity contribution >= 4 is 28.6 Å². The average Bonchev–Trinajstić information content (AvgIpc) is 2.42. The summed E-state index contributed by atoms with van der Waals surface area (Å²) in [5.41, 5.74) is 5.31. The van der Waals surface area contributed by atoms with Crippen LogP contribution in [0, 0.1) is 0 Å². The van der Waals surface area contributed by atoms with Gasteiger partial charge in [0, 0.05) is 0 Å². The van der Waals surface area contributed by atoms with E-state index in [1.807, 2.05) is 24.3 Å². The first-order valence-corrected chi connectivity index (χ1v) is 5.62. The Bertz CT molecular complexity index is 383. The SMILES string of the molecule is CCSC1=NNc2ccccc2C=C1. The highest BCUT2D eigenvalue weighted by atomic mass is 32.2. The molecule has 14 heavy (non-hydrogen) atoms. The molecule has 1 aromatic rings. The fourth-order valence-electron chi connectivity index (χ4n) is 1.29. The third-order valence-electron chi connectivity index (χ3n) is 1.95. The summed E-state index contributed by atoms with van der Waals surface area (Å²) in [5.74, 6) is 1.04. The fourth-order valence-corrected chi connectivity index (χ4v) is 1.86. The topological polar surface area (TPSA) is 24.4 Å². The van der Waals surface area contributed by atoms with Crippen molar-refractivity contribution in [3.63, 3.8) is 0 Å². The van der Waals surface area contributed by atoms with E-state index < -0.39 is 0 Å². The number of nitrogens with one attached hydrogen (secondary N) is 1. The zero-order chi connectivity index (χ0) is 9.80. The van der Waals surface area contributed by atoms with Crippen molar-refractivity contribution in [2.24, 2.45) is 5.10 Å². The predicted octanol–water partition coefficient (Wildman–Crippen LogP) is 3.19. The molecule has 0 radical (unpaired) electrons. The van der Waals surface area contributed by atoms with Gasteiger partial charge in [-0.1, -0.05) is 31.2 Å². The molecule has 0 amide bonds. The molecule has 1 aromatic carbocycles. The molecule has 0 saturated carbocycles. The fraction of sp³-hybridized carbons (Fsp3) is 0.182. The summed E-state index contributed by atoms with van der Waals surface area (Å²) in [4.78, 5) is 0. The number of hydrogen-bond acceptors (Lipinski definition) is 3. The predicted molar refractivity (Wildman–Crippen MR) is 64.7 cm³/mol. The van der Waals surface area contributed by atoms with Gasteiger partial charge in [0.05, 0.1) is 5.69 Å². The Hall–Kier alpha value is -1.22. The van der Waals surface area contributed by atoms with E-state index in [9.17, 15) is 0 Å². The lowest BCUT2D eigenvalue weighted by atomic mass is 10.2. The molecule has 0 saturated heterocycles. The summed E-state index contributed by atoms with van der Waals surface area (Å²) in [7, 11) is 0. The molecule has 0 aliphatic carbocycles. The number of fused-ring (bicyclic) bond motifs is 1.